The number of aromatic nitrogens is 1. The fourth-order valence-electron chi connectivity index (χ4n) is 4.17. The van der Waals surface area contributed by atoms with Crippen molar-refractivity contribution in [2.45, 2.75) is 56.5 Å². The lowest BCUT2D eigenvalue weighted by molar-refractivity contribution is -0.134. The number of hydrogen-bond donors (Lipinski definition) is 3. The summed E-state index contributed by atoms with van der Waals surface area (Å²) >= 11 is 12.1. The van der Waals surface area contributed by atoms with E-state index in [1.54, 1.807) is 27.8 Å². The molecule has 33 heavy (non-hydrogen) atoms. The normalized spacial score (nSPS) is 16.2. The lowest BCUT2D eigenvalue weighted by atomic mass is 9.92. The van der Waals surface area contributed by atoms with Gasteiger partial charge in [-0.2, -0.15) is 4.72 Å². The van der Waals surface area contributed by atoms with Crippen molar-refractivity contribution in [3.8, 4) is 0 Å². The highest BCUT2D eigenvalue weighted by Gasteiger charge is 2.32. The van der Waals surface area contributed by atoms with E-state index in [1.807, 2.05) is 0 Å². The Kier molecular flexibility index (Phi) is 8.55. The standard InChI is InChI=1S/C22H31Cl2N5O3S/c1-2-4-15-6-10-29(11-7-15)22(30)19(8-12-28-9-3-5-20(28)25)27-33(31,32)16-13-17(23)21(26)18(24)14-16/h3,5,9,13-15,19,27H,2,4,6-8,10-12,25-26H2,1H3. The molecule has 1 aromatic carbocycles. The smallest absolute Gasteiger partial charge is 0.241 e. The number of likely N-dealkylation sites (tertiary alicyclic amines) is 1. The largest absolute Gasteiger partial charge is 0.396 e. The van der Waals surface area contributed by atoms with Crippen molar-refractivity contribution in [3.05, 3.63) is 40.5 Å². The Morgan fingerprint density at radius 1 is 1.21 bits per heavy atom. The molecule has 1 aliphatic rings. The SMILES string of the molecule is CCCC1CCN(C(=O)C(CCn2cccc2N)NS(=O)(=O)c2cc(Cl)c(N)c(Cl)c2)CC1. The highest BCUT2D eigenvalue weighted by atomic mass is 35.5. The number of nitrogen functional groups attached to an aromatic ring is 2. The second-order valence-corrected chi connectivity index (χ2v) is 11.0. The van der Waals surface area contributed by atoms with Crippen molar-refractivity contribution >= 4 is 50.6 Å². The lowest BCUT2D eigenvalue weighted by Crippen LogP contribution is -2.51. The summed E-state index contributed by atoms with van der Waals surface area (Å²) in [5.41, 5.74) is 11.8. The quantitative estimate of drug-likeness (QED) is 0.438. The van der Waals surface area contributed by atoms with Crippen molar-refractivity contribution in [1.29, 1.82) is 0 Å². The van der Waals surface area contributed by atoms with Crippen LogP contribution in [0.3, 0.4) is 0 Å². The second kappa shape index (κ2) is 11.0. The van der Waals surface area contributed by atoms with Crippen LogP contribution in [0.25, 0.3) is 0 Å². The highest BCUT2D eigenvalue weighted by Crippen LogP contribution is 2.31. The summed E-state index contributed by atoms with van der Waals surface area (Å²) in [6.07, 6.45) is 6.14. The van der Waals surface area contributed by atoms with Gasteiger partial charge in [-0.1, -0.05) is 43.0 Å². The molecule has 2 aromatic rings. The van der Waals surface area contributed by atoms with Crippen molar-refractivity contribution < 1.29 is 13.2 Å². The maximum atomic E-state index is 13.4. The number of rotatable bonds is 9. The number of halogens is 2. The van der Waals surface area contributed by atoms with Crippen LogP contribution in [0.2, 0.25) is 10.0 Å². The zero-order valence-corrected chi connectivity index (χ0v) is 21.0. The number of anilines is 2. The highest BCUT2D eigenvalue weighted by molar-refractivity contribution is 7.89. The third kappa shape index (κ3) is 6.35. The van der Waals surface area contributed by atoms with E-state index in [-0.39, 0.29) is 33.0 Å². The molecule has 1 fully saturated rings. The number of amides is 1. The van der Waals surface area contributed by atoms with Crippen LogP contribution in [0, 0.1) is 5.92 Å². The fraction of sp³-hybridized carbons (Fsp3) is 0.500. The molecular formula is C22H31Cl2N5O3S. The summed E-state index contributed by atoms with van der Waals surface area (Å²) < 4.78 is 30.6. The molecule has 11 heteroatoms. The van der Waals surface area contributed by atoms with E-state index in [9.17, 15) is 13.2 Å². The molecule has 1 saturated heterocycles. The van der Waals surface area contributed by atoms with Gasteiger partial charge in [0.05, 0.1) is 20.6 Å². The maximum absolute atomic E-state index is 13.4. The molecular weight excluding hydrogens is 485 g/mol. The fourth-order valence-corrected chi connectivity index (χ4v) is 6.07. The first-order chi connectivity index (χ1) is 15.6. The Bertz CT molecular complexity index is 1060. The third-order valence-corrected chi connectivity index (χ3v) is 8.18. The van der Waals surface area contributed by atoms with Crippen LogP contribution in [-0.4, -0.2) is 42.9 Å². The molecule has 1 amide bonds. The molecule has 0 saturated carbocycles. The van der Waals surface area contributed by atoms with Gasteiger partial charge in [0.1, 0.15) is 11.9 Å². The Labute approximate surface area is 205 Å². The third-order valence-electron chi connectivity index (χ3n) is 6.10. The van der Waals surface area contributed by atoms with Gasteiger partial charge in [-0.05, 0) is 49.4 Å². The van der Waals surface area contributed by atoms with Gasteiger partial charge in [0.25, 0.3) is 0 Å². The summed E-state index contributed by atoms with van der Waals surface area (Å²) in [4.78, 5) is 15.0. The zero-order chi connectivity index (χ0) is 24.2. The molecule has 0 radical (unpaired) electrons. The van der Waals surface area contributed by atoms with Gasteiger partial charge in [-0.15, -0.1) is 0 Å². The van der Waals surface area contributed by atoms with Crippen LogP contribution < -0.4 is 16.2 Å². The molecule has 5 N–H and O–H groups in total. The summed E-state index contributed by atoms with van der Waals surface area (Å²) in [6, 6.07) is 5.04. The number of aryl methyl sites for hydroxylation is 1. The Hall–Kier alpha value is -1.94. The molecule has 8 nitrogen and oxygen atoms in total. The van der Waals surface area contributed by atoms with Gasteiger partial charge in [0, 0.05) is 25.8 Å². The first-order valence-corrected chi connectivity index (χ1v) is 13.3. The lowest BCUT2D eigenvalue weighted by Gasteiger charge is -2.34. The molecule has 1 aliphatic heterocycles. The number of benzene rings is 1. The van der Waals surface area contributed by atoms with E-state index in [0.717, 1.165) is 25.7 Å². The molecule has 0 bridgehead atoms. The molecule has 1 unspecified atom stereocenters. The monoisotopic (exact) mass is 515 g/mol. The number of nitrogens with two attached hydrogens (primary N) is 2. The van der Waals surface area contributed by atoms with Crippen molar-refractivity contribution in [2.24, 2.45) is 5.92 Å². The van der Waals surface area contributed by atoms with Crippen molar-refractivity contribution in [3.63, 3.8) is 0 Å². The molecule has 182 valence electrons. The number of sulfonamides is 1. The van der Waals surface area contributed by atoms with Gasteiger partial charge in [-0.25, -0.2) is 8.42 Å². The second-order valence-electron chi connectivity index (χ2n) is 8.45. The number of carbonyl (C=O) groups is 1. The van der Waals surface area contributed by atoms with E-state index in [4.69, 9.17) is 34.7 Å². The minimum Gasteiger partial charge on any atom is -0.396 e. The van der Waals surface area contributed by atoms with Gasteiger partial charge < -0.3 is 20.9 Å². The van der Waals surface area contributed by atoms with E-state index >= 15 is 0 Å². The number of nitrogens with one attached hydrogen (secondary N) is 1. The van der Waals surface area contributed by atoms with Crippen LogP contribution in [-0.2, 0) is 21.4 Å². The minimum atomic E-state index is -4.09. The summed E-state index contributed by atoms with van der Waals surface area (Å²) in [5.74, 6) is 0.904. The minimum absolute atomic E-state index is 0.0314. The Morgan fingerprint density at radius 3 is 2.39 bits per heavy atom. The maximum Gasteiger partial charge on any atom is 0.241 e. The summed E-state index contributed by atoms with van der Waals surface area (Å²) in [7, 11) is -4.09. The van der Waals surface area contributed by atoms with Gasteiger partial charge in [-0.3, -0.25) is 4.79 Å². The summed E-state index contributed by atoms with van der Waals surface area (Å²) in [5, 5.41) is 0.0627. The van der Waals surface area contributed by atoms with Crippen molar-refractivity contribution in [1.82, 2.24) is 14.2 Å². The Balaban J connectivity index is 1.80. The predicted octanol–water partition coefficient (Wildman–Crippen LogP) is 3.74. The first-order valence-electron chi connectivity index (χ1n) is 11.1. The van der Waals surface area contributed by atoms with Crippen LogP contribution in [0.1, 0.15) is 39.0 Å². The molecule has 0 aliphatic carbocycles. The van der Waals surface area contributed by atoms with E-state index in [0.29, 0.717) is 31.4 Å². The number of nitrogens with zero attached hydrogens (tertiary/aromatic N) is 2. The average molecular weight is 516 g/mol. The van der Waals surface area contributed by atoms with Gasteiger partial charge in [0.15, 0.2) is 0 Å². The number of carbonyl (C=O) groups excluding carboxylic acids is 1. The molecule has 0 spiro atoms. The van der Waals surface area contributed by atoms with Gasteiger partial charge in [0.2, 0.25) is 15.9 Å². The van der Waals surface area contributed by atoms with E-state index < -0.39 is 16.1 Å². The molecule has 3 rings (SSSR count). The Morgan fingerprint density at radius 2 is 1.85 bits per heavy atom. The van der Waals surface area contributed by atoms with Crippen LogP contribution >= 0.6 is 23.2 Å². The van der Waals surface area contributed by atoms with Crippen LogP contribution in [0.15, 0.2) is 35.4 Å². The first kappa shape index (κ1) is 25.7. The summed E-state index contributed by atoms with van der Waals surface area (Å²) in [6.45, 7) is 3.78. The van der Waals surface area contributed by atoms with Crippen LogP contribution in [0.5, 0.6) is 0 Å². The molecule has 2 heterocycles. The zero-order valence-electron chi connectivity index (χ0n) is 18.6. The number of hydrogen-bond acceptors (Lipinski definition) is 5. The van der Waals surface area contributed by atoms with Crippen LogP contribution in [0.4, 0.5) is 11.5 Å². The predicted molar refractivity (Wildman–Crippen MR) is 133 cm³/mol. The van der Waals surface area contributed by atoms with E-state index in [2.05, 4.69) is 11.6 Å². The average Bonchev–Trinajstić information content (AvgIpc) is 3.19. The molecule has 1 aromatic heterocycles. The van der Waals surface area contributed by atoms with Crippen molar-refractivity contribution in [2.75, 3.05) is 24.6 Å². The van der Waals surface area contributed by atoms with E-state index in [1.165, 1.54) is 12.1 Å². The topological polar surface area (TPSA) is 123 Å². The molecule has 1 atom stereocenters. The van der Waals surface area contributed by atoms with Gasteiger partial charge >= 0.3 is 0 Å². The number of piperidine rings is 1.